The van der Waals surface area contributed by atoms with Gasteiger partial charge in [-0.05, 0) is 108 Å². The molecule has 2 aliphatic rings. The van der Waals surface area contributed by atoms with Crippen LogP contribution in [0.1, 0.15) is 49.9 Å². The lowest BCUT2D eigenvalue weighted by Gasteiger charge is -2.38. The van der Waals surface area contributed by atoms with Crippen LogP contribution in [0.4, 0.5) is 17.1 Å². The molecule has 8 aromatic rings. The Bertz CT molecular complexity index is 2560. The second-order valence-corrected chi connectivity index (χ2v) is 15.3. The normalized spacial score (nSPS) is 14.6. The number of rotatable bonds is 4. The summed E-state index contributed by atoms with van der Waals surface area (Å²) in [5.74, 6) is 0. The number of nitrogens with zero attached hydrogens (tertiary/aromatic N) is 1. The maximum absolute atomic E-state index is 2.56. The van der Waals surface area contributed by atoms with Crippen LogP contribution in [-0.2, 0) is 10.8 Å². The number of hydrogen-bond donors (Lipinski definition) is 0. The third-order valence-electron chi connectivity index (χ3n) is 11.8. The van der Waals surface area contributed by atoms with E-state index in [-0.39, 0.29) is 10.8 Å². The molecule has 10 rings (SSSR count). The first-order valence-electron chi connectivity index (χ1n) is 18.1. The smallest absolute Gasteiger partial charge is 0.0556 e. The Morgan fingerprint density at radius 3 is 1.35 bits per heavy atom. The highest BCUT2D eigenvalue weighted by molar-refractivity contribution is 6.19. The number of hydrogen-bond acceptors (Lipinski definition) is 1. The summed E-state index contributed by atoms with van der Waals surface area (Å²) in [6.07, 6.45) is 0. The molecule has 51 heavy (non-hydrogen) atoms. The van der Waals surface area contributed by atoms with Crippen molar-refractivity contribution in [2.75, 3.05) is 4.90 Å². The molecule has 0 aliphatic heterocycles. The minimum Gasteiger partial charge on any atom is -0.310 e. The fourth-order valence-electron chi connectivity index (χ4n) is 9.57. The number of para-hydroxylation sites is 2. The first-order valence-corrected chi connectivity index (χ1v) is 18.1. The van der Waals surface area contributed by atoms with Crippen molar-refractivity contribution in [2.24, 2.45) is 0 Å². The monoisotopic (exact) mass is 653 g/mol. The van der Waals surface area contributed by atoms with Crippen molar-refractivity contribution in [3.8, 4) is 33.4 Å². The molecular weight excluding hydrogens is 615 g/mol. The minimum atomic E-state index is -0.273. The third-order valence-corrected chi connectivity index (χ3v) is 11.8. The zero-order valence-electron chi connectivity index (χ0n) is 29.5. The Morgan fingerprint density at radius 1 is 0.373 bits per heavy atom. The predicted molar refractivity (Wildman–Crippen MR) is 217 cm³/mol. The highest BCUT2D eigenvalue weighted by atomic mass is 15.2. The van der Waals surface area contributed by atoms with Crippen LogP contribution in [0.15, 0.2) is 164 Å². The molecule has 0 aromatic heterocycles. The van der Waals surface area contributed by atoms with E-state index >= 15 is 0 Å². The number of anilines is 3. The highest BCUT2D eigenvalue weighted by Gasteiger charge is 2.49. The van der Waals surface area contributed by atoms with Gasteiger partial charge in [-0.1, -0.05) is 161 Å². The Labute approximate surface area is 300 Å². The van der Waals surface area contributed by atoms with Crippen molar-refractivity contribution in [1.82, 2.24) is 0 Å². The van der Waals surface area contributed by atoms with E-state index in [1.54, 1.807) is 0 Å². The summed E-state index contributed by atoms with van der Waals surface area (Å²) in [6.45, 7) is 9.77. The first-order chi connectivity index (χ1) is 24.9. The van der Waals surface area contributed by atoms with Crippen molar-refractivity contribution in [3.63, 3.8) is 0 Å². The fraction of sp³-hybridized carbons (Fsp3) is 0.120. The average molecular weight is 654 g/mol. The van der Waals surface area contributed by atoms with Crippen LogP contribution >= 0.6 is 0 Å². The van der Waals surface area contributed by atoms with E-state index in [2.05, 4.69) is 196 Å². The van der Waals surface area contributed by atoms with Crippen LogP contribution in [0.5, 0.6) is 0 Å². The Morgan fingerprint density at radius 2 is 0.804 bits per heavy atom. The molecule has 0 saturated heterocycles. The number of benzene rings is 8. The molecule has 8 aromatic carbocycles. The zero-order chi connectivity index (χ0) is 34.5. The van der Waals surface area contributed by atoms with Gasteiger partial charge in [-0.15, -0.1) is 0 Å². The number of fused-ring (bicyclic) bond motifs is 9. The van der Waals surface area contributed by atoms with Crippen molar-refractivity contribution in [1.29, 1.82) is 0 Å². The van der Waals surface area contributed by atoms with Crippen molar-refractivity contribution in [2.45, 2.75) is 38.5 Å². The van der Waals surface area contributed by atoms with Gasteiger partial charge in [0.05, 0.1) is 5.69 Å². The molecule has 0 radical (unpaired) electrons. The summed E-state index contributed by atoms with van der Waals surface area (Å²) in [6, 6.07) is 60.7. The molecular formula is C50H39N. The SMILES string of the molecule is CC1(C)c2ccccc2-c2c(-c3cc4ccccc4c4ccccc34)c3c(c(N(c4ccccc4)c4ccccc4)c21)C(C)(C)c1ccccc1-3. The molecule has 0 heterocycles. The summed E-state index contributed by atoms with van der Waals surface area (Å²) in [5.41, 5.74) is 16.6. The van der Waals surface area contributed by atoms with E-state index in [1.165, 1.54) is 82.9 Å². The average Bonchev–Trinajstić information content (AvgIpc) is 3.56. The molecule has 0 unspecified atom stereocenters. The maximum Gasteiger partial charge on any atom is 0.0556 e. The van der Waals surface area contributed by atoms with Crippen LogP contribution in [0, 0.1) is 0 Å². The van der Waals surface area contributed by atoms with Gasteiger partial charge < -0.3 is 4.90 Å². The quantitative estimate of drug-likeness (QED) is 0.171. The Kier molecular flexibility index (Phi) is 6.34. The molecule has 0 amide bonds. The topological polar surface area (TPSA) is 3.24 Å². The third kappa shape index (κ3) is 4.09. The second kappa shape index (κ2) is 10.8. The van der Waals surface area contributed by atoms with Crippen LogP contribution in [0.2, 0.25) is 0 Å². The molecule has 0 bridgehead atoms. The Hall–Kier alpha value is -5.92. The van der Waals surface area contributed by atoms with Crippen molar-refractivity contribution >= 4 is 38.6 Å². The van der Waals surface area contributed by atoms with Crippen molar-refractivity contribution in [3.05, 3.63) is 186 Å². The summed E-state index contributed by atoms with van der Waals surface area (Å²) in [7, 11) is 0. The second-order valence-electron chi connectivity index (χ2n) is 15.3. The highest BCUT2D eigenvalue weighted by Crippen LogP contribution is 2.66. The van der Waals surface area contributed by atoms with Crippen LogP contribution in [0.3, 0.4) is 0 Å². The maximum atomic E-state index is 2.56. The summed E-state index contributed by atoms with van der Waals surface area (Å²) in [4.78, 5) is 2.56. The van der Waals surface area contributed by atoms with E-state index in [4.69, 9.17) is 0 Å². The largest absolute Gasteiger partial charge is 0.310 e. The van der Waals surface area contributed by atoms with Crippen molar-refractivity contribution < 1.29 is 0 Å². The van der Waals surface area contributed by atoms with Gasteiger partial charge in [0.1, 0.15) is 0 Å². The Balaban J connectivity index is 1.49. The molecule has 0 atom stereocenters. The van der Waals surface area contributed by atoms with Gasteiger partial charge in [-0.3, -0.25) is 0 Å². The van der Waals surface area contributed by atoms with Gasteiger partial charge >= 0.3 is 0 Å². The molecule has 0 fully saturated rings. The van der Waals surface area contributed by atoms with Gasteiger partial charge in [-0.2, -0.15) is 0 Å². The minimum absolute atomic E-state index is 0.273. The van der Waals surface area contributed by atoms with Gasteiger partial charge in [0.2, 0.25) is 0 Å². The molecule has 0 saturated carbocycles. The predicted octanol–water partition coefficient (Wildman–Crippen LogP) is 13.7. The lowest BCUT2D eigenvalue weighted by molar-refractivity contribution is 0.640. The molecule has 1 heteroatoms. The van der Waals surface area contributed by atoms with Gasteiger partial charge in [0.15, 0.2) is 0 Å². The van der Waals surface area contributed by atoms with Gasteiger partial charge in [0.25, 0.3) is 0 Å². The molecule has 244 valence electrons. The lowest BCUT2D eigenvalue weighted by Crippen LogP contribution is -2.26. The molecule has 0 N–H and O–H groups in total. The lowest BCUT2D eigenvalue weighted by atomic mass is 9.73. The standard InChI is InChI=1S/C50H39N/c1-49(2)41-29-17-15-27-38(41)44-43(40-31-32-19-11-12-24-35(32)36-25-13-14-26-37(36)40)45-39-28-16-18-30-42(39)50(3,4)47(45)48(46(44)49)51(33-20-7-5-8-21-33)34-22-9-6-10-23-34/h5-31H,1-4H3. The van der Waals surface area contributed by atoms with Crippen LogP contribution < -0.4 is 4.90 Å². The van der Waals surface area contributed by atoms with E-state index in [0.29, 0.717) is 0 Å². The van der Waals surface area contributed by atoms with E-state index in [0.717, 1.165) is 11.4 Å². The summed E-state index contributed by atoms with van der Waals surface area (Å²) in [5, 5.41) is 5.15. The van der Waals surface area contributed by atoms with E-state index in [1.807, 2.05) is 0 Å². The zero-order valence-corrected chi connectivity index (χ0v) is 29.5. The van der Waals surface area contributed by atoms with E-state index < -0.39 is 0 Å². The summed E-state index contributed by atoms with van der Waals surface area (Å²) < 4.78 is 0. The fourth-order valence-corrected chi connectivity index (χ4v) is 9.57. The van der Waals surface area contributed by atoms with E-state index in [9.17, 15) is 0 Å². The van der Waals surface area contributed by atoms with Gasteiger partial charge in [0, 0.05) is 22.2 Å². The summed E-state index contributed by atoms with van der Waals surface area (Å²) >= 11 is 0. The molecule has 1 nitrogen and oxygen atoms in total. The molecule has 2 aliphatic carbocycles. The van der Waals surface area contributed by atoms with Crippen LogP contribution in [-0.4, -0.2) is 0 Å². The molecule has 0 spiro atoms. The van der Waals surface area contributed by atoms with Crippen LogP contribution in [0.25, 0.3) is 54.9 Å². The van der Waals surface area contributed by atoms with Gasteiger partial charge in [-0.25, -0.2) is 0 Å². The first kappa shape index (κ1) is 29.9.